The molecule has 0 saturated heterocycles. The molecule has 2 aliphatic rings. The Bertz CT molecular complexity index is 1080. The fourth-order valence-electron chi connectivity index (χ4n) is 3.89. The summed E-state index contributed by atoms with van der Waals surface area (Å²) in [7, 11) is 0. The van der Waals surface area contributed by atoms with E-state index in [1.54, 1.807) is 0 Å². The SMILES string of the molecule is O=C(NC1CC1)c1ccc(CN(C(=O)Cc2ccc3ccccc3c2)C2CC2)cc1. The van der Waals surface area contributed by atoms with Gasteiger partial charge in [0.1, 0.15) is 0 Å². The largest absolute Gasteiger partial charge is 0.349 e. The average Bonchev–Trinajstić information content (AvgIpc) is 3.67. The molecule has 2 aliphatic carbocycles. The molecule has 0 bridgehead atoms. The van der Waals surface area contributed by atoms with Crippen molar-refractivity contribution in [1.82, 2.24) is 10.2 Å². The maximum absolute atomic E-state index is 13.1. The van der Waals surface area contributed by atoms with Gasteiger partial charge in [-0.05, 0) is 59.7 Å². The quantitative estimate of drug-likeness (QED) is 0.639. The Balaban J connectivity index is 1.26. The lowest BCUT2D eigenvalue weighted by atomic mass is 10.0. The minimum absolute atomic E-state index is 0.00419. The number of carbonyl (C=O) groups excluding carboxylic acids is 2. The summed E-state index contributed by atoms with van der Waals surface area (Å²) in [5.41, 5.74) is 2.80. The molecule has 0 aliphatic heterocycles. The van der Waals surface area contributed by atoms with Gasteiger partial charge in [-0.1, -0.05) is 54.6 Å². The highest BCUT2D eigenvalue weighted by Crippen LogP contribution is 2.29. The van der Waals surface area contributed by atoms with Crippen molar-refractivity contribution in [1.29, 1.82) is 0 Å². The van der Waals surface area contributed by atoms with Crippen molar-refractivity contribution in [3.63, 3.8) is 0 Å². The monoisotopic (exact) mass is 398 g/mol. The maximum atomic E-state index is 13.1. The molecule has 0 radical (unpaired) electrons. The molecule has 2 amide bonds. The summed E-state index contributed by atoms with van der Waals surface area (Å²) in [6.45, 7) is 0.599. The number of nitrogens with one attached hydrogen (secondary N) is 1. The number of hydrogen-bond acceptors (Lipinski definition) is 2. The molecule has 0 heterocycles. The topological polar surface area (TPSA) is 49.4 Å². The van der Waals surface area contributed by atoms with Crippen LogP contribution in [0.4, 0.5) is 0 Å². The van der Waals surface area contributed by atoms with Crippen molar-refractivity contribution in [2.24, 2.45) is 0 Å². The lowest BCUT2D eigenvalue weighted by Crippen LogP contribution is -2.33. The van der Waals surface area contributed by atoms with E-state index in [9.17, 15) is 9.59 Å². The van der Waals surface area contributed by atoms with E-state index in [0.29, 0.717) is 30.6 Å². The van der Waals surface area contributed by atoms with Crippen molar-refractivity contribution >= 4 is 22.6 Å². The first kappa shape index (κ1) is 18.9. The number of benzene rings is 3. The van der Waals surface area contributed by atoms with Gasteiger partial charge in [0, 0.05) is 24.2 Å². The molecule has 3 aromatic carbocycles. The highest BCUT2D eigenvalue weighted by molar-refractivity contribution is 5.94. The molecular weight excluding hydrogens is 372 g/mol. The Labute approximate surface area is 176 Å². The van der Waals surface area contributed by atoms with Crippen LogP contribution in [-0.2, 0) is 17.8 Å². The Morgan fingerprint density at radius 2 is 1.53 bits per heavy atom. The maximum Gasteiger partial charge on any atom is 0.251 e. The Morgan fingerprint density at radius 1 is 0.833 bits per heavy atom. The fraction of sp³-hybridized carbons (Fsp3) is 0.308. The zero-order valence-corrected chi connectivity index (χ0v) is 17.0. The van der Waals surface area contributed by atoms with Crippen LogP contribution in [-0.4, -0.2) is 28.8 Å². The van der Waals surface area contributed by atoms with Gasteiger partial charge >= 0.3 is 0 Å². The summed E-state index contributed by atoms with van der Waals surface area (Å²) < 4.78 is 0. The second-order valence-corrected chi connectivity index (χ2v) is 8.56. The van der Waals surface area contributed by atoms with Gasteiger partial charge in [-0.15, -0.1) is 0 Å². The number of hydrogen-bond donors (Lipinski definition) is 1. The zero-order chi connectivity index (χ0) is 20.5. The standard InChI is InChI=1S/C26H26N2O2/c29-25(16-19-7-8-20-3-1-2-4-22(20)15-19)28(24-13-14-24)17-18-5-9-21(10-6-18)26(30)27-23-11-12-23/h1-10,15,23-24H,11-14,16-17H2,(H,27,30). The molecule has 2 saturated carbocycles. The molecule has 0 aromatic heterocycles. The predicted molar refractivity (Wildman–Crippen MR) is 118 cm³/mol. The van der Waals surface area contributed by atoms with Crippen LogP contribution >= 0.6 is 0 Å². The molecule has 4 nitrogen and oxygen atoms in total. The summed E-state index contributed by atoms with van der Waals surface area (Å²) in [6, 6.07) is 22.9. The van der Waals surface area contributed by atoms with Crippen molar-refractivity contribution < 1.29 is 9.59 Å². The van der Waals surface area contributed by atoms with Gasteiger partial charge in [0.05, 0.1) is 6.42 Å². The van der Waals surface area contributed by atoms with Crippen molar-refractivity contribution in [3.8, 4) is 0 Å². The third-order valence-corrected chi connectivity index (χ3v) is 5.96. The van der Waals surface area contributed by atoms with E-state index in [1.165, 1.54) is 10.8 Å². The van der Waals surface area contributed by atoms with Gasteiger partial charge in [-0.3, -0.25) is 9.59 Å². The molecule has 30 heavy (non-hydrogen) atoms. The predicted octanol–water partition coefficient (Wildman–Crippen LogP) is 4.47. The highest BCUT2D eigenvalue weighted by Gasteiger charge is 2.32. The average molecular weight is 399 g/mol. The lowest BCUT2D eigenvalue weighted by molar-refractivity contribution is -0.131. The summed E-state index contributed by atoms with van der Waals surface area (Å²) in [5, 5.41) is 5.37. The van der Waals surface area contributed by atoms with Crippen molar-refractivity contribution in [2.75, 3.05) is 0 Å². The van der Waals surface area contributed by atoms with E-state index < -0.39 is 0 Å². The van der Waals surface area contributed by atoms with Crippen LogP contribution in [0.5, 0.6) is 0 Å². The van der Waals surface area contributed by atoms with Gasteiger partial charge in [0.25, 0.3) is 5.91 Å². The van der Waals surface area contributed by atoms with Crippen LogP contribution in [0.1, 0.15) is 47.2 Å². The van der Waals surface area contributed by atoms with Crippen LogP contribution < -0.4 is 5.32 Å². The molecular formula is C26H26N2O2. The minimum atomic E-state index is -0.00419. The van der Waals surface area contributed by atoms with E-state index in [4.69, 9.17) is 0 Å². The fourth-order valence-corrected chi connectivity index (χ4v) is 3.89. The molecule has 0 atom stereocenters. The number of amides is 2. The Morgan fingerprint density at radius 3 is 2.23 bits per heavy atom. The van der Waals surface area contributed by atoms with Crippen LogP contribution in [0.15, 0.2) is 66.7 Å². The molecule has 1 N–H and O–H groups in total. The van der Waals surface area contributed by atoms with E-state index >= 15 is 0 Å². The molecule has 2 fully saturated rings. The molecule has 3 aromatic rings. The third-order valence-electron chi connectivity index (χ3n) is 5.96. The third kappa shape index (κ3) is 4.38. The normalized spacial score (nSPS) is 15.7. The van der Waals surface area contributed by atoms with E-state index in [1.807, 2.05) is 41.3 Å². The molecule has 152 valence electrons. The lowest BCUT2D eigenvalue weighted by Gasteiger charge is -2.23. The Hall–Kier alpha value is -3.14. The van der Waals surface area contributed by atoms with Gasteiger partial charge in [0.2, 0.25) is 5.91 Å². The number of rotatable bonds is 7. The number of fused-ring (bicyclic) bond motifs is 1. The smallest absolute Gasteiger partial charge is 0.251 e. The second-order valence-electron chi connectivity index (χ2n) is 8.56. The highest BCUT2D eigenvalue weighted by atomic mass is 16.2. The summed E-state index contributed by atoms with van der Waals surface area (Å²) in [4.78, 5) is 27.3. The van der Waals surface area contributed by atoms with Gasteiger partial charge in [0.15, 0.2) is 0 Å². The van der Waals surface area contributed by atoms with Crippen LogP contribution in [0, 0.1) is 0 Å². The van der Waals surface area contributed by atoms with Gasteiger partial charge < -0.3 is 10.2 Å². The van der Waals surface area contributed by atoms with Crippen LogP contribution in [0.2, 0.25) is 0 Å². The zero-order valence-electron chi connectivity index (χ0n) is 17.0. The first-order valence-electron chi connectivity index (χ1n) is 10.8. The molecule has 0 unspecified atom stereocenters. The molecule has 0 spiro atoms. The number of carbonyl (C=O) groups is 2. The van der Waals surface area contributed by atoms with Gasteiger partial charge in [-0.2, -0.15) is 0 Å². The van der Waals surface area contributed by atoms with Crippen LogP contribution in [0.3, 0.4) is 0 Å². The number of nitrogens with zero attached hydrogens (tertiary/aromatic N) is 1. The first-order valence-corrected chi connectivity index (χ1v) is 10.8. The van der Waals surface area contributed by atoms with E-state index in [0.717, 1.165) is 36.8 Å². The van der Waals surface area contributed by atoms with Crippen molar-refractivity contribution in [2.45, 2.75) is 50.7 Å². The molecule has 5 rings (SSSR count). The van der Waals surface area contributed by atoms with Crippen molar-refractivity contribution in [3.05, 3.63) is 83.4 Å². The summed E-state index contributed by atoms with van der Waals surface area (Å²) >= 11 is 0. The van der Waals surface area contributed by atoms with Crippen LogP contribution in [0.25, 0.3) is 10.8 Å². The summed E-state index contributed by atoms with van der Waals surface area (Å²) in [6.07, 6.45) is 4.73. The molecule has 4 heteroatoms. The summed E-state index contributed by atoms with van der Waals surface area (Å²) in [5.74, 6) is 0.166. The van der Waals surface area contributed by atoms with E-state index in [2.05, 4.69) is 35.6 Å². The van der Waals surface area contributed by atoms with E-state index in [-0.39, 0.29) is 11.8 Å². The Kier molecular flexibility index (Phi) is 4.99. The van der Waals surface area contributed by atoms with Gasteiger partial charge in [-0.25, -0.2) is 0 Å². The second kappa shape index (κ2) is 7.94. The first-order chi connectivity index (χ1) is 14.7. The minimum Gasteiger partial charge on any atom is -0.349 e.